The highest BCUT2D eigenvalue weighted by Gasteiger charge is 2.12. The van der Waals surface area contributed by atoms with E-state index >= 15 is 0 Å². The number of ketones is 1. The Morgan fingerprint density at radius 2 is 1.90 bits per heavy atom. The first-order valence-electron chi connectivity index (χ1n) is 9.71. The van der Waals surface area contributed by atoms with E-state index < -0.39 is 0 Å². The zero-order chi connectivity index (χ0) is 21.3. The molecule has 0 saturated carbocycles. The smallest absolute Gasteiger partial charge is 0.271 e. The van der Waals surface area contributed by atoms with Crippen LogP contribution in [0.2, 0.25) is 0 Å². The van der Waals surface area contributed by atoms with Gasteiger partial charge >= 0.3 is 0 Å². The van der Waals surface area contributed by atoms with Crippen molar-refractivity contribution in [1.29, 1.82) is 0 Å². The van der Waals surface area contributed by atoms with Crippen LogP contribution < -0.4 is 5.32 Å². The van der Waals surface area contributed by atoms with Crippen LogP contribution in [0.25, 0.3) is 16.8 Å². The van der Waals surface area contributed by atoms with Crippen molar-refractivity contribution in [2.45, 2.75) is 27.3 Å². The first-order chi connectivity index (χ1) is 14.4. The van der Waals surface area contributed by atoms with E-state index in [9.17, 15) is 9.59 Å². The summed E-state index contributed by atoms with van der Waals surface area (Å²) in [5, 5.41) is 2.92. The molecule has 3 heterocycles. The van der Waals surface area contributed by atoms with Crippen LogP contribution in [-0.2, 0) is 6.54 Å². The average molecular weight is 398 g/mol. The lowest BCUT2D eigenvalue weighted by Gasteiger charge is -2.10. The molecule has 1 aromatic carbocycles. The molecule has 30 heavy (non-hydrogen) atoms. The highest BCUT2D eigenvalue weighted by Crippen LogP contribution is 2.24. The molecule has 4 aromatic rings. The van der Waals surface area contributed by atoms with Gasteiger partial charge in [0.05, 0.1) is 0 Å². The normalized spacial score (nSPS) is 10.9. The Morgan fingerprint density at radius 3 is 2.63 bits per heavy atom. The number of benzene rings is 1. The third kappa shape index (κ3) is 3.98. The Morgan fingerprint density at radius 1 is 1.07 bits per heavy atom. The van der Waals surface area contributed by atoms with E-state index in [-0.39, 0.29) is 11.7 Å². The third-order valence-corrected chi connectivity index (χ3v) is 5.05. The molecule has 150 valence electrons. The summed E-state index contributed by atoms with van der Waals surface area (Å²) in [4.78, 5) is 32.7. The quantitative estimate of drug-likeness (QED) is 0.513. The number of amides is 1. The zero-order valence-electron chi connectivity index (χ0n) is 17.1. The molecule has 0 aliphatic rings. The molecular weight excluding hydrogens is 376 g/mol. The molecule has 6 nitrogen and oxygen atoms in total. The molecule has 0 aliphatic heterocycles. The summed E-state index contributed by atoms with van der Waals surface area (Å²) in [6, 6.07) is 13.6. The van der Waals surface area contributed by atoms with E-state index in [4.69, 9.17) is 0 Å². The second-order valence-corrected chi connectivity index (χ2v) is 7.38. The number of aromatic nitrogens is 3. The van der Waals surface area contributed by atoms with Crippen molar-refractivity contribution in [1.82, 2.24) is 19.7 Å². The van der Waals surface area contributed by atoms with Crippen LogP contribution in [0.1, 0.15) is 44.6 Å². The Labute approximate surface area is 174 Å². The van der Waals surface area contributed by atoms with Gasteiger partial charge in [0.2, 0.25) is 0 Å². The van der Waals surface area contributed by atoms with E-state index in [1.807, 2.05) is 25.3 Å². The number of fused-ring (bicyclic) bond motifs is 1. The lowest BCUT2D eigenvalue weighted by molar-refractivity contribution is 0.0945. The molecule has 0 saturated heterocycles. The summed E-state index contributed by atoms with van der Waals surface area (Å²) in [6.45, 7) is 5.95. The van der Waals surface area contributed by atoms with Gasteiger partial charge in [0, 0.05) is 36.4 Å². The fourth-order valence-corrected chi connectivity index (χ4v) is 3.46. The summed E-state index contributed by atoms with van der Waals surface area (Å²) in [7, 11) is 0. The summed E-state index contributed by atoms with van der Waals surface area (Å²) < 4.78 is 1.73. The molecule has 0 radical (unpaired) electrons. The third-order valence-electron chi connectivity index (χ3n) is 5.05. The summed E-state index contributed by atoms with van der Waals surface area (Å²) in [5.74, 6) is -0.290. The molecule has 0 spiro atoms. The van der Waals surface area contributed by atoms with Crippen molar-refractivity contribution < 1.29 is 9.59 Å². The number of nitrogens with zero attached hydrogens (tertiary/aromatic N) is 3. The number of rotatable bonds is 5. The highest BCUT2D eigenvalue weighted by molar-refractivity contribution is 5.96. The maximum Gasteiger partial charge on any atom is 0.271 e. The van der Waals surface area contributed by atoms with E-state index in [2.05, 4.69) is 40.4 Å². The number of carbonyl (C=O) groups excluding carboxylic acids is 2. The minimum absolute atomic E-state index is 0.0350. The van der Waals surface area contributed by atoms with Crippen molar-refractivity contribution in [3.8, 4) is 11.1 Å². The van der Waals surface area contributed by atoms with Crippen LogP contribution in [0.4, 0.5) is 0 Å². The van der Waals surface area contributed by atoms with Crippen molar-refractivity contribution in [3.05, 3.63) is 89.1 Å². The predicted octanol–water partition coefficient (Wildman–Crippen LogP) is 4.15. The summed E-state index contributed by atoms with van der Waals surface area (Å²) >= 11 is 0. The van der Waals surface area contributed by atoms with Crippen molar-refractivity contribution in [3.63, 3.8) is 0 Å². The van der Waals surface area contributed by atoms with E-state index in [1.54, 1.807) is 28.9 Å². The first kappa shape index (κ1) is 19.5. The monoisotopic (exact) mass is 398 g/mol. The first-order valence-corrected chi connectivity index (χ1v) is 9.71. The molecule has 3 aromatic heterocycles. The maximum atomic E-state index is 12.6. The van der Waals surface area contributed by atoms with Crippen LogP contribution in [-0.4, -0.2) is 26.1 Å². The minimum Gasteiger partial charge on any atom is -0.347 e. The second kappa shape index (κ2) is 7.91. The zero-order valence-corrected chi connectivity index (χ0v) is 17.1. The van der Waals surface area contributed by atoms with Gasteiger partial charge in [0.15, 0.2) is 5.78 Å². The number of aryl methyl sites for hydroxylation is 2. The molecule has 1 N–H and O–H groups in total. The van der Waals surface area contributed by atoms with Gasteiger partial charge in [-0.2, -0.15) is 0 Å². The van der Waals surface area contributed by atoms with Crippen LogP contribution in [0.15, 0.2) is 61.1 Å². The molecular formula is C24H22N4O2. The van der Waals surface area contributed by atoms with Gasteiger partial charge in [-0.15, -0.1) is 0 Å². The Kier molecular flexibility index (Phi) is 5.14. The Hall–Kier alpha value is -3.80. The number of nitrogens with one attached hydrogen (secondary N) is 1. The van der Waals surface area contributed by atoms with Gasteiger partial charge in [-0.25, -0.2) is 4.98 Å². The van der Waals surface area contributed by atoms with Crippen molar-refractivity contribution >= 4 is 17.3 Å². The van der Waals surface area contributed by atoms with Gasteiger partial charge in [-0.05, 0) is 67.3 Å². The summed E-state index contributed by atoms with van der Waals surface area (Å²) in [5.41, 5.74) is 6.86. The maximum absolute atomic E-state index is 12.6. The topological polar surface area (TPSA) is 76.4 Å². The molecule has 6 heteroatoms. The molecule has 0 unspecified atom stereocenters. The number of imidazole rings is 1. The molecule has 0 atom stereocenters. The Bertz CT molecular complexity index is 1270. The number of pyridine rings is 2. The number of Topliss-reactive ketones (excluding diaryl/α,β-unsaturated/α-hetero) is 1. The van der Waals surface area contributed by atoms with Crippen molar-refractivity contribution in [2.24, 2.45) is 0 Å². The van der Waals surface area contributed by atoms with Gasteiger partial charge in [0.25, 0.3) is 5.91 Å². The fourth-order valence-electron chi connectivity index (χ4n) is 3.46. The highest BCUT2D eigenvalue weighted by atomic mass is 16.2. The predicted molar refractivity (Wildman–Crippen MR) is 116 cm³/mol. The number of carbonyl (C=O) groups is 2. The largest absolute Gasteiger partial charge is 0.347 e. The second-order valence-electron chi connectivity index (χ2n) is 7.38. The van der Waals surface area contributed by atoms with E-state index in [0.29, 0.717) is 23.4 Å². The van der Waals surface area contributed by atoms with Crippen LogP contribution >= 0.6 is 0 Å². The SMILES string of the molecule is CC(=O)c1ccn2cc(C(=O)NCc3ccc(-c4ccnc(C)c4)c(C)c3)nc2c1. The Balaban J connectivity index is 1.48. The van der Waals surface area contributed by atoms with Crippen LogP contribution in [0, 0.1) is 13.8 Å². The molecule has 0 fully saturated rings. The minimum atomic E-state index is -0.255. The van der Waals surface area contributed by atoms with E-state index in [1.165, 1.54) is 6.92 Å². The van der Waals surface area contributed by atoms with Gasteiger partial charge in [0.1, 0.15) is 11.3 Å². The van der Waals surface area contributed by atoms with E-state index in [0.717, 1.165) is 27.9 Å². The molecule has 0 bridgehead atoms. The average Bonchev–Trinajstić information content (AvgIpc) is 3.15. The van der Waals surface area contributed by atoms with Gasteiger partial charge in [-0.1, -0.05) is 18.2 Å². The van der Waals surface area contributed by atoms with Gasteiger partial charge in [-0.3, -0.25) is 14.6 Å². The lowest BCUT2D eigenvalue weighted by atomic mass is 9.98. The van der Waals surface area contributed by atoms with Crippen molar-refractivity contribution in [2.75, 3.05) is 0 Å². The fraction of sp³-hybridized carbons (Fsp3) is 0.167. The van der Waals surface area contributed by atoms with Crippen LogP contribution in [0.3, 0.4) is 0 Å². The van der Waals surface area contributed by atoms with Crippen LogP contribution in [0.5, 0.6) is 0 Å². The summed E-state index contributed by atoms with van der Waals surface area (Å²) in [6.07, 6.45) is 5.21. The molecule has 4 rings (SSSR count). The standard InChI is InChI=1S/C24H22N4O2/c1-15-10-18(4-5-21(15)20-6-8-25-16(2)11-20)13-26-24(30)22-14-28-9-7-19(17(3)29)12-23(28)27-22/h4-12,14H,13H2,1-3H3,(H,26,30). The number of hydrogen-bond acceptors (Lipinski definition) is 4. The number of hydrogen-bond donors (Lipinski definition) is 1. The molecule has 0 aliphatic carbocycles. The lowest BCUT2D eigenvalue weighted by Crippen LogP contribution is -2.23. The van der Waals surface area contributed by atoms with Gasteiger partial charge < -0.3 is 9.72 Å². The molecule has 1 amide bonds.